The molecule has 0 bridgehead atoms. The normalized spacial score (nSPS) is 10.7. The van der Waals surface area contributed by atoms with Gasteiger partial charge in [-0.2, -0.15) is 0 Å². The number of nitrogens with zero attached hydrogens (tertiary/aromatic N) is 3. The lowest BCUT2D eigenvalue weighted by molar-refractivity contribution is 0.102. The molecule has 0 amide bonds. The third-order valence-electron chi connectivity index (χ3n) is 4.26. The highest BCUT2D eigenvalue weighted by Gasteiger charge is 2.15. The molecule has 3 aromatic carbocycles. The lowest BCUT2D eigenvalue weighted by Crippen LogP contribution is -2.04. The number of Topliss-reactive ketones (excluding diaryl/α,β-unsaturated/α-hetero) is 1. The Kier molecular flexibility index (Phi) is 6.12. The van der Waals surface area contributed by atoms with Gasteiger partial charge in [0.25, 0.3) is 0 Å². The van der Waals surface area contributed by atoms with E-state index in [0.717, 1.165) is 27.0 Å². The number of rotatable bonds is 6. The van der Waals surface area contributed by atoms with Crippen molar-refractivity contribution in [3.63, 3.8) is 0 Å². The molecule has 0 atom stereocenters. The zero-order valence-electron chi connectivity index (χ0n) is 15.3. The first-order valence-corrected chi connectivity index (χ1v) is 10.8. The number of thioether (sulfide) groups is 1. The quantitative estimate of drug-likeness (QED) is 0.262. The molecule has 6 heteroatoms. The number of halogens is 1. The van der Waals surface area contributed by atoms with Crippen LogP contribution in [0, 0.1) is 0 Å². The minimum atomic E-state index is 0.0273. The van der Waals surface area contributed by atoms with Crippen molar-refractivity contribution in [2.75, 3.05) is 5.75 Å². The zero-order chi connectivity index (χ0) is 20.1. The molecule has 0 unspecified atom stereocenters. The summed E-state index contributed by atoms with van der Waals surface area (Å²) >= 11 is 4.68. The zero-order valence-corrected chi connectivity index (χ0v) is 17.7. The second-order valence-corrected chi connectivity index (χ2v) is 8.10. The fourth-order valence-electron chi connectivity index (χ4n) is 2.81. The Morgan fingerprint density at radius 3 is 1.97 bits per heavy atom. The van der Waals surface area contributed by atoms with Crippen LogP contribution in [0.4, 0.5) is 0 Å². The van der Waals surface area contributed by atoms with Crippen LogP contribution in [0.5, 0.6) is 0 Å². The van der Waals surface area contributed by atoms with Gasteiger partial charge >= 0.3 is 0 Å². The number of hydrogen-bond donors (Lipinski definition) is 0. The Hall–Kier alpha value is -2.83. The van der Waals surface area contributed by atoms with Crippen LogP contribution >= 0.6 is 27.7 Å². The van der Waals surface area contributed by atoms with Gasteiger partial charge in [-0.1, -0.05) is 100 Å². The first-order chi connectivity index (χ1) is 14.2. The van der Waals surface area contributed by atoms with Crippen molar-refractivity contribution in [1.82, 2.24) is 15.2 Å². The number of benzene rings is 3. The summed E-state index contributed by atoms with van der Waals surface area (Å²) in [7, 11) is 0. The van der Waals surface area contributed by atoms with Gasteiger partial charge in [0.05, 0.1) is 5.75 Å². The Labute approximate surface area is 181 Å². The maximum atomic E-state index is 12.5. The standard InChI is InChI=1S/C23H16BrN3OS/c24-19-13-11-16(12-14-19)20(28)15-29-23-25-21(17-7-3-1-4-8-17)22(26-27-23)18-9-5-2-6-10-18/h1-14H,15H2. The van der Waals surface area contributed by atoms with Crippen molar-refractivity contribution >= 4 is 33.5 Å². The minimum Gasteiger partial charge on any atom is -0.293 e. The molecule has 4 rings (SSSR count). The molecule has 29 heavy (non-hydrogen) atoms. The van der Waals surface area contributed by atoms with Gasteiger partial charge in [-0.05, 0) is 12.1 Å². The highest BCUT2D eigenvalue weighted by Crippen LogP contribution is 2.29. The van der Waals surface area contributed by atoms with Gasteiger partial charge in [-0.15, -0.1) is 10.2 Å². The maximum Gasteiger partial charge on any atom is 0.210 e. The highest BCUT2D eigenvalue weighted by atomic mass is 79.9. The molecule has 4 aromatic rings. The van der Waals surface area contributed by atoms with E-state index in [1.165, 1.54) is 11.8 Å². The summed E-state index contributed by atoms with van der Waals surface area (Å²) in [5, 5.41) is 9.18. The lowest BCUT2D eigenvalue weighted by atomic mass is 10.0. The number of carbonyl (C=O) groups is 1. The summed E-state index contributed by atoms with van der Waals surface area (Å²) in [5.74, 6) is 0.280. The molecule has 0 saturated carbocycles. The molecule has 1 aromatic heterocycles. The number of ketones is 1. The van der Waals surface area contributed by atoms with Crippen LogP contribution in [0.1, 0.15) is 10.4 Å². The molecule has 0 aliphatic heterocycles. The highest BCUT2D eigenvalue weighted by molar-refractivity contribution is 9.10. The summed E-state index contributed by atoms with van der Waals surface area (Å²) in [5.41, 5.74) is 4.06. The Bertz CT molecular complexity index is 1120. The van der Waals surface area contributed by atoms with Gasteiger partial charge in [0.15, 0.2) is 5.78 Å². The van der Waals surface area contributed by atoms with E-state index in [2.05, 4.69) is 26.1 Å². The van der Waals surface area contributed by atoms with Gasteiger partial charge in [-0.25, -0.2) is 4.98 Å². The van der Waals surface area contributed by atoms with Crippen LogP contribution in [0.3, 0.4) is 0 Å². The maximum absolute atomic E-state index is 12.5. The van der Waals surface area contributed by atoms with E-state index in [1.54, 1.807) is 12.1 Å². The monoisotopic (exact) mass is 461 g/mol. The van der Waals surface area contributed by atoms with E-state index in [4.69, 9.17) is 4.98 Å². The topological polar surface area (TPSA) is 55.7 Å². The van der Waals surface area contributed by atoms with Crippen molar-refractivity contribution in [3.05, 3.63) is 95.0 Å². The smallest absolute Gasteiger partial charge is 0.210 e. The van der Waals surface area contributed by atoms with Crippen molar-refractivity contribution in [2.24, 2.45) is 0 Å². The van der Waals surface area contributed by atoms with Crippen LogP contribution in [-0.4, -0.2) is 26.7 Å². The van der Waals surface area contributed by atoms with E-state index in [9.17, 15) is 4.79 Å². The van der Waals surface area contributed by atoms with E-state index < -0.39 is 0 Å². The summed E-state index contributed by atoms with van der Waals surface area (Å²) in [6, 6.07) is 27.1. The van der Waals surface area contributed by atoms with Crippen molar-refractivity contribution in [3.8, 4) is 22.5 Å². The van der Waals surface area contributed by atoms with E-state index in [-0.39, 0.29) is 11.5 Å². The average molecular weight is 462 g/mol. The summed E-state index contributed by atoms with van der Waals surface area (Å²) in [6.45, 7) is 0. The third kappa shape index (κ3) is 4.78. The molecule has 142 valence electrons. The van der Waals surface area contributed by atoms with Crippen LogP contribution in [-0.2, 0) is 0 Å². The Morgan fingerprint density at radius 1 is 0.759 bits per heavy atom. The van der Waals surface area contributed by atoms with Crippen LogP contribution in [0.15, 0.2) is 94.6 Å². The minimum absolute atomic E-state index is 0.0273. The molecule has 0 N–H and O–H groups in total. The molecule has 0 radical (unpaired) electrons. The second-order valence-electron chi connectivity index (χ2n) is 6.24. The molecule has 0 fully saturated rings. The van der Waals surface area contributed by atoms with Crippen LogP contribution in [0.2, 0.25) is 0 Å². The molecule has 0 aliphatic rings. The SMILES string of the molecule is O=C(CSc1nnc(-c2ccccc2)c(-c2ccccc2)n1)c1ccc(Br)cc1. The number of aromatic nitrogens is 3. The molecule has 0 aliphatic carbocycles. The lowest BCUT2D eigenvalue weighted by Gasteiger charge is -2.09. The van der Waals surface area contributed by atoms with Crippen LogP contribution in [0.25, 0.3) is 22.5 Å². The Balaban J connectivity index is 1.62. The van der Waals surface area contributed by atoms with Gasteiger partial charge in [0, 0.05) is 21.2 Å². The molecule has 0 saturated heterocycles. The van der Waals surface area contributed by atoms with Crippen molar-refractivity contribution in [1.29, 1.82) is 0 Å². The van der Waals surface area contributed by atoms with E-state index in [0.29, 0.717) is 10.7 Å². The summed E-state index contributed by atoms with van der Waals surface area (Å²) < 4.78 is 0.943. The van der Waals surface area contributed by atoms with Crippen molar-refractivity contribution in [2.45, 2.75) is 5.16 Å². The van der Waals surface area contributed by atoms with Gasteiger partial charge < -0.3 is 0 Å². The van der Waals surface area contributed by atoms with Gasteiger partial charge in [-0.3, -0.25) is 4.79 Å². The largest absolute Gasteiger partial charge is 0.293 e. The molecule has 1 heterocycles. The fourth-order valence-corrected chi connectivity index (χ4v) is 3.75. The average Bonchev–Trinajstić information content (AvgIpc) is 2.79. The first kappa shape index (κ1) is 19.5. The number of carbonyl (C=O) groups excluding carboxylic acids is 1. The Morgan fingerprint density at radius 2 is 1.34 bits per heavy atom. The molecule has 4 nitrogen and oxygen atoms in total. The number of hydrogen-bond acceptors (Lipinski definition) is 5. The molecule has 0 spiro atoms. The van der Waals surface area contributed by atoms with Crippen LogP contribution < -0.4 is 0 Å². The van der Waals surface area contributed by atoms with E-state index >= 15 is 0 Å². The van der Waals surface area contributed by atoms with E-state index in [1.807, 2.05) is 72.8 Å². The van der Waals surface area contributed by atoms with Gasteiger partial charge in [0.2, 0.25) is 5.16 Å². The third-order valence-corrected chi connectivity index (χ3v) is 5.63. The predicted octanol–water partition coefficient (Wildman–Crippen LogP) is 5.94. The molecular formula is C23H16BrN3OS. The van der Waals surface area contributed by atoms with Crippen molar-refractivity contribution < 1.29 is 4.79 Å². The molecular weight excluding hydrogens is 446 g/mol. The predicted molar refractivity (Wildman–Crippen MR) is 120 cm³/mol. The fraction of sp³-hybridized carbons (Fsp3) is 0.0435. The summed E-state index contributed by atoms with van der Waals surface area (Å²) in [6.07, 6.45) is 0. The first-order valence-electron chi connectivity index (χ1n) is 8.98. The summed E-state index contributed by atoms with van der Waals surface area (Å²) in [4.78, 5) is 17.2. The second kappa shape index (κ2) is 9.11. The van der Waals surface area contributed by atoms with Gasteiger partial charge in [0.1, 0.15) is 11.4 Å².